The first kappa shape index (κ1) is 12.6. The highest BCUT2D eigenvalue weighted by atomic mass is 127. The van der Waals surface area contributed by atoms with Crippen LogP contribution in [0.15, 0.2) is 24.5 Å². The van der Waals surface area contributed by atoms with Crippen molar-refractivity contribution < 1.29 is 0 Å². The summed E-state index contributed by atoms with van der Waals surface area (Å²) in [4.78, 5) is 12.9. The summed E-state index contributed by atoms with van der Waals surface area (Å²) < 4.78 is 0.926. The van der Waals surface area contributed by atoms with Gasteiger partial charge in [0.1, 0.15) is 21.7 Å². The van der Waals surface area contributed by atoms with Crippen molar-refractivity contribution in [2.75, 3.05) is 17.2 Å². The van der Waals surface area contributed by atoms with E-state index < -0.39 is 0 Å². The van der Waals surface area contributed by atoms with Crippen LogP contribution in [0.25, 0.3) is 0 Å². The first-order valence-corrected chi connectivity index (χ1v) is 7.33. The summed E-state index contributed by atoms with van der Waals surface area (Å²) in [5, 5.41) is 6.61. The Balaban J connectivity index is 1.70. The number of hydrogen-bond donors (Lipinski definition) is 2. The molecule has 3 heterocycles. The lowest BCUT2D eigenvalue weighted by Crippen LogP contribution is -2.14. The van der Waals surface area contributed by atoms with Crippen molar-refractivity contribution in [1.29, 1.82) is 0 Å². The van der Waals surface area contributed by atoms with Crippen LogP contribution in [0.1, 0.15) is 17.7 Å². The molecule has 5 nitrogen and oxygen atoms in total. The standard InChI is InChI=1S/C13H14IN5/c14-11-6-12(18-8-17-11)16-7-10-4-3-9-2-1-5-15-13(9)19-10/h3-4,6,8H,1-2,5,7H2,(H,15,19)(H,16,17,18). The third-order valence-electron chi connectivity index (χ3n) is 3.04. The number of rotatable bonds is 3. The summed E-state index contributed by atoms with van der Waals surface area (Å²) in [5.41, 5.74) is 2.33. The largest absolute Gasteiger partial charge is 0.370 e. The van der Waals surface area contributed by atoms with E-state index >= 15 is 0 Å². The average Bonchev–Trinajstić information content (AvgIpc) is 2.45. The maximum Gasteiger partial charge on any atom is 0.130 e. The fourth-order valence-corrected chi connectivity index (χ4v) is 2.50. The van der Waals surface area contributed by atoms with Gasteiger partial charge in [-0.15, -0.1) is 0 Å². The summed E-state index contributed by atoms with van der Waals surface area (Å²) >= 11 is 2.17. The summed E-state index contributed by atoms with van der Waals surface area (Å²) in [5.74, 6) is 1.86. The molecule has 0 bridgehead atoms. The number of nitrogens with zero attached hydrogens (tertiary/aromatic N) is 3. The van der Waals surface area contributed by atoms with Crippen LogP contribution in [0.3, 0.4) is 0 Å². The molecule has 0 atom stereocenters. The zero-order chi connectivity index (χ0) is 13.1. The molecule has 19 heavy (non-hydrogen) atoms. The average molecular weight is 367 g/mol. The molecule has 0 aliphatic carbocycles. The Morgan fingerprint density at radius 2 is 2.26 bits per heavy atom. The zero-order valence-corrected chi connectivity index (χ0v) is 12.5. The second-order valence-corrected chi connectivity index (χ2v) is 5.53. The number of nitrogens with one attached hydrogen (secondary N) is 2. The van der Waals surface area contributed by atoms with Crippen molar-refractivity contribution in [3.8, 4) is 0 Å². The minimum Gasteiger partial charge on any atom is -0.370 e. The van der Waals surface area contributed by atoms with Crippen LogP contribution in [0.2, 0.25) is 0 Å². The van der Waals surface area contributed by atoms with Crippen molar-refractivity contribution in [1.82, 2.24) is 15.0 Å². The van der Waals surface area contributed by atoms with Gasteiger partial charge < -0.3 is 10.6 Å². The maximum absolute atomic E-state index is 4.63. The quantitative estimate of drug-likeness (QED) is 0.645. The second-order valence-electron chi connectivity index (χ2n) is 4.42. The van der Waals surface area contributed by atoms with Crippen molar-refractivity contribution in [3.63, 3.8) is 0 Å². The van der Waals surface area contributed by atoms with Gasteiger partial charge in [0.15, 0.2) is 0 Å². The van der Waals surface area contributed by atoms with Crippen molar-refractivity contribution >= 4 is 34.2 Å². The van der Waals surface area contributed by atoms with Crippen molar-refractivity contribution in [3.05, 3.63) is 39.5 Å². The van der Waals surface area contributed by atoms with Crippen LogP contribution in [0.4, 0.5) is 11.6 Å². The minimum absolute atomic E-state index is 0.669. The maximum atomic E-state index is 4.63. The Labute approximate surface area is 125 Å². The molecule has 0 aromatic carbocycles. The summed E-state index contributed by atoms with van der Waals surface area (Å²) in [6.45, 7) is 1.68. The summed E-state index contributed by atoms with van der Waals surface area (Å²) in [7, 11) is 0. The van der Waals surface area contributed by atoms with Crippen molar-refractivity contribution in [2.45, 2.75) is 19.4 Å². The van der Waals surface area contributed by atoms with Gasteiger partial charge in [-0.1, -0.05) is 6.07 Å². The summed E-state index contributed by atoms with van der Waals surface area (Å²) in [6.07, 6.45) is 3.87. The molecular weight excluding hydrogens is 353 g/mol. The molecule has 98 valence electrons. The molecule has 0 saturated carbocycles. The number of aromatic nitrogens is 3. The Hall–Kier alpha value is -1.44. The molecule has 2 aromatic rings. The molecule has 0 radical (unpaired) electrons. The van der Waals surface area contributed by atoms with E-state index in [-0.39, 0.29) is 0 Å². The molecule has 3 rings (SSSR count). The molecular formula is C13H14IN5. The second kappa shape index (κ2) is 5.68. The fourth-order valence-electron chi connectivity index (χ4n) is 2.08. The van der Waals surface area contributed by atoms with Gasteiger partial charge in [-0.05, 0) is 47.1 Å². The lowest BCUT2D eigenvalue weighted by Gasteiger charge is -2.17. The van der Waals surface area contributed by atoms with E-state index in [0.29, 0.717) is 6.54 Å². The van der Waals surface area contributed by atoms with Gasteiger partial charge in [-0.25, -0.2) is 15.0 Å². The van der Waals surface area contributed by atoms with Crippen LogP contribution >= 0.6 is 22.6 Å². The Morgan fingerprint density at radius 1 is 1.32 bits per heavy atom. The SMILES string of the molecule is Ic1cc(NCc2ccc3c(n2)NCCC3)ncn1. The highest BCUT2D eigenvalue weighted by Gasteiger charge is 2.10. The highest BCUT2D eigenvalue weighted by molar-refractivity contribution is 14.1. The van der Waals surface area contributed by atoms with Crippen LogP contribution in [-0.2, 0) is 13.0 Å². The van der Waals surface area contributed by atoms with Crippen LogP contribution in [0, 0.1) is 3.70 Å². The normalized spacial score (nSPS) is 13.5. The molecule has 0 spiro atoms. The number of hydrogen-bond acceptors (Lipinski definition) is 5. The van der Waals surface area contributed by atoms with E-state index in [4.69, 9.17) is 0 Å². The first-order chi connectivity index (χ1) is 9.31. The number of anilines is 2. The van der Waals surface area contributed by atoms with E-state index in [0.717, 1.165) is 34.0 Å². The Bertz CT molecular complexity index is 587. The van der Waals surface area contributed by atoms with Crippen LogP contribution in [0.5, 0.6) is 0 Å². The lowest BCUT2D eigenvalue weighted by atomic mass is 10.1. The van der Waals surface area contributed by atoms with Gasteiger partial charge in [0.2, 0.25) is 0 Å². The van der Waals surface area contributed by atoms with Gasteiger partial charge >= 0.3 is 0 Å². The predicted molar refractivity (Wildman–Crippen MR) is 83.1 cm³/mol. The predicted octanol–water partition coefficient (Wildman–Crippen LogP) is 2.45. The van der Waals surface area contributed by atoms with Gasteiger partial charge in [-0.2, -0.15) is 0 Å². The molecule has 0 saturated heterocycles. The molecule has 6 heteroatoms. The zero-order valence-electron chi connectivity index (χ0n) is 10.4. The minimum atomic E-state index is 0.669. The van der Waals surface area contributed by atoms with Crippen LogP contribution in [-0.4, -0.2) is 21.5 Å². The number of fused-ring (bicyclic) bond motifs is 1. The monoisotopic (exact) mass is 367 g/mol. The molecule has 0 amide bonds. The third kappa shape index (κ3) is 3.12. The number of aryl methyl sites for hydroxylation is 1. The van der Waals surface area contributed by atoms with Gasteiger partial charge in [-0.3, -0.25) is 0 Å². The van der Waals surface area contributed by atoms with E-state index in [2.05, 4.69) is 60.3 Å². The lowest BCUT2D eigenvalue weighted by molar-refractivity contribution is 0.811. The van der Waals surface area contributed by atoms with Gasteiger partial charge in [0, 0.05) is 12.6 Å². The molecule has 2 N–H and O–H groups in total. The molecule has 2 aromatic heterocycles. The number of pyridine rings is 1. The van der Waals surface area contributed by atoms with E-state index in [1.807, 2.05) is 6.07 Å². The van der Waals surface area contributed by atoms with Crippen molar-refractivity contribution in [2.24, 2.45) is 0 Å². The van der Waals surface area contributed by atoms with Crippen LogP contribution < -0.4 is 10.6 Å². The van der Waals surface area contributed by atoms with E-state index in [9.17, 15) is 0 Å². The molecule has 1 aliphatic heterocycles. The highest BCUT2D eigenvalue weighted by Crippen LogP contribution is 2.20. The van der Waals surface area contributed by atoms with E-state index in [1.54, 1.807) is 6.33 Å². The van der Waals surface area contributed by atoms with E-state index in [1.165, 1.54) is 12.0 Å². The Kier molecular flexibility index (Phi) is 3.77. The number of halogens is 1. The fraction of sp³-hybridized carbons (Fsp3) is 0.308. The molecule has 0 fully saturated rings. The summed E-state index contributed by atoms with van der Waals surface area (Å²) in [6, 6.07) is 6.15. The van der Waals surface area contributed by atoms with Gasteiger partial charge in [0.05, 0.1) is 12.2 Å². The topological polar surface area (TPSA) is 62.7 Å². The first-order valence-electron chi connectivity index (χ1n) is 6.25. The smallest absolute Gasteiger partial charge is 0.130 e. The molecule has 0 unspecified atom stereocenters. The Morgan fingerprint density at radius 3 is 3.16 bits per heavy atom. The third-order valence-corrected chi connectivity index (χ3v) is 3.63. The molecule has 1 aliphatic rings. The van der Waals surface area contributed by atoms with Gasteiger partial charge in [0.25, 0.3) is 0 Å².